The van der Waals surface area contributed by atoms with E-state index in [0.717, 1.165) is 12.5 Å². The Hall–Kier alpha value is -2.89. The highest BCUT2D eigenvalue weighted by atomic mass is 16.4. The summed E-state index contributed by atoms with van der Waals surface area (Å²) in [5.74, 6) is -3.35. The molecule has 0 aromatic rings. The van der Waals surface area contributed by atoms with E-state index in [1.807, 2.05) is 24.3 Å². The van der Waals surface area contributed by atoms with Gasteiger partial charge in [0, 0.05) is 6.08 Å². The average molecular weight is 418 g/mol. The molecule has 166 valence electrons. The third-order valence-electron chi connectivity index (χ3n) is 4.13. The molecular weight excluding hydrogens is 382 g/mol. The number of unbranched alkanes of at least 4 members (excludes halogenated alkanes) is 7. The van der Waals surface area contributed by atoms with Gasteiger partial charge in [0.25, 0.3) is 0 Å². The summed E-state index contributed by atoms with van der Waals surface area (Å²) in [6.07, 6.45) is 27.3. The first-order valence-corrected chi connectivity index (χ1v) is 10.6. The Labute approximate surface area is 179 Å². The van der Waals surface area contributed by atoms with Gasteiger partial charge >= 0.3 is 11.9 Å². The van der Waals surface area contributed by atoms with Crippen LogP contribution in [0.5, 0.6) is 0 Å². The van der Waals surface area contributed by atoms with E-state index in [9.17, 15) is 14.4 Å². The van der Waals surface area contributed by atoms with E-state index in [-0.39, 0.29) is 0 Å². The Bertz CT molecular complexity index is 644. The van der Waals surface area contributed by atoms with Gasteiger partial charge in [-0.3, -0.25) is 9.59 Å². The normalized spacial score (nSPS) is 13.2. The lowest BCUT2D eigenvalue weighted by Gasteiger charge is -2.09. The van der Waals surface area contributed by atoms with Gasteiger partial charge in [0.1, 0.15) is 6.04 Å². The first-order chi connectivity index (χ1) is 14.5. The van der Waals surface area contributed by atoms with E-state index in [1.165, 1.54) is 51.0 Å². The zero-order chi connectivity index (χ0) is 22.5. The highest BCUT2D eigenvalue weighted by Gasteiger charge is 2.21. The molecular formula is C24H35NO5. The fraction of sp³-hybridized carbons (Fsp3) is 0.458. The molecule has 0 spiro atoms. The number of carboxylic acid groups (broad SMARTS) is 2. The Balaban J connectivity index is 3.94. The van der Waals surface area contributed by atoms with Crippen LogP contribution < -0.4 is 5.32 Å². The minimum Gasteiger partial charge on any atom is -0.481 e. The molecule has 0 saturated carbocycles. The van der Waals surface area contributed by atoms with E-state index in [4.69, 9.17) is 10.2 Å². The number of aliphatic carboxylic acids is 2. The first kappa shape index (κ1) is 27.1. The lowest BCUT2D eigenvalue weighted by atomic mass is 10.1. The van der Waals surface area contributed by atoms with Crippen molar-refractivity contribution in [2.24, 2.45) is 0 Å². The lowest BCUT2D eigenvalue weighted by molar-refractivity contribution is -0.146. The van der Waals surface area contributed by atoms with Gasteiger partial charge in [-0.1, -0.05) is 100 Å². The lowest BCUT2D eigenvalue weighted by Crippen LogP contribution is -2.41. The summed E-state index contributed by atoms with van der Waals surface area (Å²) in [5.41, 5.74) is 0. The van der Waals surface area contributed by atoms with Gasteiger partial charge in [0.2, 0.25) is 5.91 Å². The van der Waals surface area contributed by atoms with E-state index < -0.39 is 30.3 Å². The Morgan fingerprint density at radius 3 is 1.87 bits per heavy atom. The molecule has 0 aliphatic rings. The zero-order valence-electron chi connectivity index (χ0n) is 17.8. The second-order valence-electron chi connectivity index (χ2n) is 6.85. The van der Waals surface area contributed by atoms with Crippen LogP contribution in [0.4, 0.5) is 0 Å². The summed E-state index contributed by atoms with van der Waals surface area (Å²) < 4.78 is 0. The third-order valence-corrected chi connectivity index (χ3v) is 4.13. The smallest absolute Gasteiger partial charge is 0.326 e. The molecule has 0 radical (unpaired) electrons. The molecule has 0 aromatic carbocycles. The molecule has 0 aliphatic carbocycles. The van der Waals surface area contributed by atoms with Crippen LogP contribution in [0.15, 0.2) is 60.8 Å². The molecule has 0 bridgehead atoms. The van der Waals surface area contributed by atoms with Crippen LogP contribution in [0.2, 0.25) is 0 Å². The van der Waals surface area contributed by atoms with Crippen LogP contribution in [0.1, 0.15) is 64.7 Å². The SMILES string of the molecule is CCCCCCCCCC=CC=CC=CC=CC=CC(=O)N[C@@H](CC(=O)O)C(=O)O. The molecule has 3 N–H and O–H groups in total. The fourth-order valence-corrected chi connectivity index (χ4v) is 2.52. The van der Waals surface area contributed by atoms with Crippen LogP contribution in [0, 0.1) is 0 Å². The van der Waals surface area contributed by atoms with Crippen molar-refractivity contribution in [1.82, 2.24) is 5.32 Å². The number of rotatable bonds is 17. The Morgan fingerprint density at radius 2 is 1.30 bits per heavy atom. The maximum absolute atomic E-state index is 11.6. The minimum atomic E-state index is -1.45. The summed E-state index contributed by atoms with van der Waals surface area (Å²) in [5, 5.41) is 19.6. The highest BCUT2D eigenvalue weighted by Crippen LogP contribution is 2.08. The predicted octanol–water partition coefficient (Wildman–Crippen LogP) is 4.95. The number of nitrogens with one attached hydrogen (secondary N) is 1. The molecule has 0 aliphatic heterocycles. The summed E-state index contributed by atoms with van der Waals surface area (Å²) in [4.78, 5) is 33.0. The van der Waals surface area contributed by atoms with Gasteiger partial charge in [-0.15, -0.1) is 0 Å². The van der Waals surface area contributed by atoms with Crippen molar-refractivity contribution in [3.8, 4) is 0 Å². The van der Waals surface area contributed by atoms with Crippen molar-refractivity contribution in [3.63, 3.8) is 0 Å². The third kappa shape index (κ3) is 18.5. The molecule has 0 saturated heterocycles. The number of hydrogen-bond donors (Lipinski definition) is 3. The zero-order valence-corrected chi connectivity index (χ0v) is 17.8. The summed E-state index contributed by atoms with van der Waals surface area (Å²) in [6.45, 7) is 2.23. The van der Waals surface area contributed by atoms with Crippen molar-refractivity contribution in [2.75, 3.05) is 0 Å². The topological polar surface area (TPSA) is 104 Å². The minimum absolute atomic E-state index is 0.664. The standard InChI is InChI=1S/C24H35NO5/c1-2-3-4-5-6-7-8-9-10-11-12-13-14-15-16-17-18-19-22(26)25-21(24(29)30)20-23(27)28/h10-19,21H,2-9,20H2,1H3,(H,25,26)(H,27,28)(H,29,30)/t21-/m0/s1. The second kappa shape index (κ2) is 19.4. The van der Waals surface area contributed by atoms with Crippen molar-refractivity contribution < 1.29 is 24.6 Å². The van der Waals surface area contributed by atoms with Crippen molar-refractivity contribution in [2.45, 2.75) is 70.8 Å². The average Bonchev–Trinajstić information content (AvgIpc) is 2.69. The highest BCUT2D eigenvalue weighted by molar-refractivity contribution is 5.92. The molecule has 6 nitrogen and oxygen atoms in total. The number of hydrogen-bond acceptors (Lipinski definition) is 3. The quantitative estimate of drug-likeness (QED) is 0.176. The van der Waals surface area contributed by atoms with E-state index in [2.05, 4.69) is 18.3 Å². The Morgan fingerprint density at radius 1 is 0.767 bits per heavy atom. The second-order valence-corrected chi connectivity index (χ2v) is 6.85. The molecule has 1 atom stereocenters. The maximum Gasteiger partial charge on any atom is 0.326 e. The molecule has 0 aromatic heterocycles. The van der Waals surface area contributed by atoms with Crippen LogP contribution in [0.3, 0.4) is 0 Å². The van der Waals surface area contributed by atoms with Gasteiger partial charge in [-0.25, -0.2) is 4.79 Å². The first-order valence-electron chi connectivity index (χ1n) is 10.6. The van der Waals surface area contributed by atoms with Crippen molar-refractivity contribution in [3.05, 3.63) is 60.8 Å². The van der Waals surface area contributed by atoms with Gasteiger partial charge in [0.15, 0.2) is 0 Å². The molecule has 6 heteroatoms. The molecule has 30 heavy (non-hydrogen) atoms. The molecule has 0 fully saturated rings. The van der Waals surface area contributed by atoms with Crippen molar-refractivity contribution >= 4 is 17.8 Å². The maximum atomic E-state index is 11.6. The monoisotopic (exact) mass is 417 g/mol. The number of allylic oxidation sites excluding steroid dienone is 9. The van der Waals surface area contributed by atoms with Gasteiger partial charge in [-0.05, 0) is 12.8 Å². The predicted molar refractivity (Wildman–Crippen MR) is 120 cm³/mol. The van der Waals surface area contributed by atoms with Crippen LogP contribution >= 0.6 is 0 Å². The number of carbonyl (C=O) groups is 3. The van der Waals surface area contributed by atoms with Crippen LogP contribution in [0.25, 0.3) is 0 Å². The van der Waals surface area contributed by atoms with Gasteiger partial charge < -0.3 is 15.5 Å². The summed E-state index contributed by atoms with van der Waals surface area (Å²) in [7, 11) is 0. The van der Waals surface area contributed by atoms with Gasteiger partial charge in [-0.2, -0.15) is 0 Å². The molecule has 0 unspecified atom stereocenters. The van der Waals surface area contributed by atoms with E-state index in [1.54, 1.807) is 18.2 Å². The van der Waals surface area contributed by atoms with E-state index in [0.29, 0.717) is 0 Å². The molecule has 1 amide bonds. The van der Waals surface area contributed by atoms with Gasteiger partial charge in [0.05, 0.1) is 6.42 Å². The number of amides is 1. The van der Waals surface area contributed by atoms with Crippen LogP contribution in [-0.2, 0) is 14.4 Å². The largest absolute Gasteiger partial charge is 0.481 e. The fourth-order valence-electron chi connectivity index (χ4n) is 2.52. The Kier molecular flexibility index (Phi) is 17.6. The van der Waals surface area contributed by atoms with Crippen LogP contribution in [-0.4, -0.2) is 34.1 Å². The number of carboxylic acids is 2. The molecule has 0 rings (SSSR count). The molecule has 0 heterocycles. The number of carbonyl (C=O) groups excluding carboxylic acids is 1. The van der Waals surface area contributed by atoms with E-state index >= 15 is 0 Å². The summed E-state index contributed by atoms with van der Waals surface area (Å²) in [6, 6.07) is -1.45. The van der Waals surface area contributed by atoms with Crippen molar-refractivity contribution in [1.29, 1.82) is 0 Å². The summed E-state index contributed by atoms with van der Waals surface area (Å²) >= 11 is 0.